The third-order valence-electron chi connectivity index (χ3n) is 7.99. The van der Waals surface area contributed by atoms with E-state index in [0.717, 1.165) is 50.7 Å². The van der Waals surface area contributed by atoms with Crippen molar-refractivity contribution in [2.45, 2.75) is 90.6 Å². The van der Waals surface area contributed by atoms with Crippen molar-refractivity contribution in [3.8, 4) is 28.0 Å². The second-order valence-corrected chi connectivity index (χ2v) is 11.1. The van der Waals surface area contributed by atoms with E-state index < -0.39 is 11.6 Å². The molecule has 3 aromatic rings. The van der Waals surface area contributed by atoms with Crippen molar-refractivity contribution >= 4 is 0 Å². The number of ether oxygens (including phenoxy) is 2. The van der Waals surface area contributed by atoms with Crippen LogP contribution in [0.1, 0.15) is 96.1 Å². The normalized spacial score (nSPS) is 17.2. The lowest BCUT2D eigenvalue weighted by Gasteiger charge is -2.29. The molecule has 0 aliphatic carbocycles. The molecule has 1 saturated heterocycles. The summed E-state index contributed by atoms with van der Waals surface area (Å²) >= 11 is 0. The van der Waals surface area contributed by atoms with E-state index >= 15 is 4.39 Å². The molecule has 0 aromatic heterocycles. The zero-order chi connectivity index (χ0) is 28.3. The Morgan fingerprint density at radius 1 is 0.725 bits per heavy atom. The van der Waals surface area contributed by atoms with Crippen LogP contribution in [0.5, 0.6) is 5.75 Å². The van der Waals surface area contributed by atoms with E-state index in [1.54, 1.807) is 36.4 Å². The van der Waals surface area contributed by atoms with Crippen LogP contribution in [0.25, 0.3) is 22.3 Å². The largest absolute Gasteiger partial charge is 0.490 e. The maximum Gasteiger partial charge on any atom is 0.201 e. The molecule has 0 saturated carbocycles. The van der Waals surface area contributed by atoms with Gasteiger partial charge in [0.25, 0.3) is 0 Å². The molecule has 5 heteroatoms. The highest BCUT2D eigenvalue weighted by molar-refractivity contribution is 5.71. The van der Waals surface area contributed by atoms with Crippen molar-refractivity contribution in [3.05, 3.63) is 77.6 Å². The fraction of sp³-hybridized carbons (Fsp3) is 0.486. The quantitative estimate of drug-likeness (QED) is 0.185. The van der Waals surface area contributed by atoms with Gasteiger partial charge in [-0.3, -0.25) is 0 Å². The zero-order valence-electron chi connectivity index (χ0n) is 24.0. The van der Waals surface area contributed by atoms with Crippen molar-refractivity contribution in [1.82, 2.24) is 0 Å². The monoisotopic (exact) mass is 552 g/mol. The van der Waals surface area contributed by atoms with Gasteiger partial charge in [-0.2, -0.15) is 4.39 Å². The molecule has 1 heterocycles. The first-order valence-electron chi connectivity index (χ1n) is 15.1. The average Bonchev–Trinajstić information content (AvgIpc) is 2.97. The van der Waals surface area contributed by atoms with Crippen LogP contribution in [0.2, 0.25) is 0 Å². The van der Waals surface area contributed by atoms with E-state index in [0.29, 0.717) is 29.2 Å². The van der Waals surface area contributed by atoms with Crippen LogP contribution in [0, 0.1) is 23.4 Å². The fourth-order valence-corrected chi connectivity index (χ4v) is 5.61. The second-order valence-electron chi connectivity index (χ2n) is 11.1. The lowest BCUT2D eigenvalue weighted by Crippen LogP contribution is -2.20. The Balaban J connectivity index is 1.35. The van der Waals surface area contributed by atoms with Gasteiger partial charge in [0.2, 0.25) is 5.82 Å². The fourth-order valence-electron chi connectivity index (χ4n) is 5.61. The summed E-state index contributed by atoms with van der Waals surface area (Å²) in [6.07, 6.45) is 12.2. The minimum absolute atomic E-state index is 0.0613. The number of halogens is 3. The Labute approximate surface area is 237 Å². The minimum atomic E-state index is -0.975. The molecule has 0 N–H and O–H groups in total. The van der Waals surface area contributed by atoms with Gasteiger partial charge in [-0.05, 0) is 66.5 Å². The van der Waals surface area contributed by atoms with Crippen molar-refractivity contribution in [3.63, 3.8) is 0 Å². The Kier molecular flexibility index (Phi) is 11.5. The van der Waals surface area contributed by atoms with E-state index in [2.05, 4.69) is 13.8 Å². The first-order valence-corrected chi connectivity index (χ1v) is 15.1. The van der Waals surface area contributed by atoms with E-state index in [1.807, 2.05) is 6.07 Å². The second kappa shape index (κ2) is 15.3. The molecule has 3 aromatic carbocycles. The highest BCUT2D eigenvalue weighted by atomic mass is 19.2. The van der Waals surface area contributed by atoms with Crippen molar-refractivity contribution in [2.24, 2.45) is 5.92 Å². The van der Waals surface area contributed by atoms with Gasteiger partial charge in [-0.25, -0.2) is 8.78 Å². The maximum absolute atomic E-state index is 15.1. The van der Waals surface area contributed by atoms with Gasteiger partial charge in [0.1, 0.15) is 5.82 Å². The highest BCUT2D eigenvalue weighted by Crippen LogP contribution is 2.35. The van der Waals surface area contributed by atoms with Crippen LogP contribution >= 0.6 is 0 Å². The molecule has 1 aliphatic heterocycles. The van der Waals surface area contributed by atoms with Crippen molar-refractivity contribution in [2.75, 3.05) is 13.2 Å². The molecule has 0 radical (unpaired) electrons. The van der Waals surface area contributed by atoms with Gasteiger partial charge in [0.05, 0.1) is 19.3 Å². The van der Waals surface area contributed by atoms with Gasteiger partial charge in [-0.15, -0.1) is 0 Å². The summed E-state index contributed by atoms with van der Waals surface area (Å²) in [6, 6.07) is 15.2. The van der Waals surface area contributed by atoms with Gasteiger partial charge >= 0.3 is 0 Å². The molecule has 4 rings (SSSR count). The van der Waals surface area contributed by atoms with E-state index in [4.69, 9.17) is 9.47 Å². The first-order chi connectivity index (χ1) is 19.5. The molecular formula is C35H43F3O2. The molecule has 0 spiro atoms. The summed E-state index contributed by atoms with van der Waals surface area (Å²) in [5, 5.41) is 0. The summed E-state index contributed by atoms with van der Waals surface area (Å²) in [7, 11) is 0. The minimum Gasteiger partial charge on any atom is -0.490 e. The van der Waals surface area contributed by atoms with Crippen molar-refractivity contribution < 1.29 is 22.6 Å². The summed E-state index contributed by atoms with van der Waals surface area (Å²) < 4.78 is 56.4. The Morgan fingerprint density at radius 3 is 2.05 bits per heavy atom. The van der Waals surface area contributed by atoms with Gasteiger partial charge in [-0.1, -0.05) is 95.2 Å². The molecule has 2 unspecified atom stereocenters. The number of hydrogen-bond donors (Lipinski definition) is 0. The Morgan fingerprint density at radius 2 is 1.40 bits per heavy atom. The van der Waals surface area contributed by atoms with Crippen molar-refractivity contribution in [1.29, 1.82) is 0 Å². The van der Waals surface area contributed by atoms with Gasteiger partial charge in [0.15, 0.2) is 11.6 Å². The van der Waals surface area contributed by atoms with Gasteiger partial charge in [0, 0.05) is 11.1 Å². The first kappa shape index (κ1) is 30.2. The molecule has 0 amide bonds. The summed E-state index contributed by atoms with van der Waals surface area (Å²) in [5.74, 6) is -1.69. The lowest BCUT2D eigenvalue weighted by atomic mass is 9.91. The third-order valence-corrected chi connectivity index (χ3v) is 7.99. The van der Waals surface area contributed by atoms with E-state index in [1.165, 1.54) is 44.2 Å². The predicted molar refractivity (Wildman–Crippen MR) is 157 cm³/mol. The summed E-state index contributed by atoms with van der Waals surface area (Å²) in [4.78, 5) is 0. The average molecular weight is 553 g/mol. The smallest absolute Gasteiger partial charge is 0.201 e. The van der Waals surface area contributed by atoms with Crippen LogP contribution < -0.4 is 4.74 Å². The van der Waals surface area contributed by atoms with Crippen LogP contribution in [-0.4, -0.2) is 13.2 Å². The molecule has 1 fully saturated rings. The molecule has 216 valence electrons. The Hall–Kier alpha value is -2.79. The van der Waals surface area contributed by atoms with Crippen LogP contribution in [0.3, 0.4) is 0 Å². The molecular weight excluding hydrogens is 509 g/mol. The predicted octanol–water partition coefficient (Wildman–Crippen LogP) is 10.8. The van der Waals surface area contributed by atoms with Crippen LogP contribution in [-0.2, 0) is 4.74 Å². The maximum atomic E-state index is 15.1. The molecule has 0 bridgehead atoms. The number of rotatable bonds is 14. The SMILES string of the molecule is CCCCCCCCCOc1ccc(-c2ccc(-c3ccc(C4CCC(CCC)CO4)cc3F)cc2)c(F)c1F. The topological polar surface area (TPSA) is 18.5 Å². The third kappa shape index (κ3) is 7.90. The molecule has 40 heavy (non-hydrogen) atoms. The Bertz CT molecular complexity index is 1200. The number of hydrogen-bond acceptors (Lipinski definition) is 2. The van der Waals surface area contributed by atoms with Crippen LogP contribution in [0.4, 0.5) is 13.2 Å². The highest BCUT2D eigenvalue weighted by Gasteiger charge is 2.23. The van der Waals surface area contributed by atoms with E-state index in [-0.39, 0.29) is 23.2 Å². The molecule has 1 aliphatic rings. The summed E-state index contributed by atoms with van der Waals surface area (Å²) in [6.45, 7) is 5.48. The number of unbranched alkanes of at least 4 members (excludes halogenated alkanes) is 6. The zero-order valence-corrected chi connectivity index (χ0v) is 24.0. The van der Waals surface area contributed by atoms with Crippen LogP contribution in [0.15, 0.2) is 54.6 Å². The molecule has 2 atom stereocenters. The standard InChI is InChI=1S/C35H43F3O2/c1-3-5-6-7-8-9-10-22-39-33-21-19-30(34(37)35(33)38)27-15-13-26(14-16-27)29-18-17-28(23-31(29)36)32-20-12-25(11-4-2)24-40-32/h13-19,21,23,25,32H,3-12,20,22,24H2,1-2H3. The lowest BCUT2D eigenvalue weighted by molar-refractivity contribution is -0.0195. The van der Waals surface area contributed by atoms with Gasteiger partial charge < -0.3 is 9.47 Å². The molecule has 2 nitrogen and oxygen atoms in total. The number of benzene rings is 3. The van der Waals surface area contributed by atoms with E-state index in [9.17, 15) is 8.78 Å². The summed E-state index contributed by atoms with van der Waals surface area (Å²) in [5.41, 5.74) is 2.68.